The van der Waals surface area contributed by atoms with Crippen LogP contribution in [0.5, 0.6) is 0 Å². The fourth-order valence-electron chi connectivity index (χ4n) is 8.05. The molecule has 144 valence electrons. The summed E-state index contributed by atoms with van der Waals surface area (Å²) in [5.41, 5.74) is 2.19. The summed E-state index contributed by atoms with van der Waals surface area (Å²) in [5.74, 6) is 2.69. The van der Waals surface area contributed by atoms with Gasteiger partial charge in [-0.2, -0.15) is 0 Å². The van der Waals surface area contributed by atoms with Gasteiger partial charge >= 0.3 is 0 Å². The Morgan fingerprint density at radius 2 is 1.77 bits per heavy atom. The molecule has 3 nitrogen and oxygen atoms in total. The van der Waals surface area contributed by atoms with E-state index in [1.54, 1.807) is 5.57 Å². The molecular weight excluding hydrogens is 324 g/mol. The minimum absolute atomic E-state index is 0.262. The van der Waals surface area contributed by atoms with Crippen LogP contribution in [-0.4, -0.2) is 24.8 Å². The van der Waals surface area contributed by atoms with Gasteiger partial charge in [-0.3, -0.25) is 4.79 Å². The van der Waals surface area contributed by atoms with Crippen LogP contribution >= 0.6 is 0 Å². The molecule has 5 rings (SSSR count). The standard InChI is InChI=1S/C23H34O3/c1-15(24)18-6-7-19-17-5-4-16-14-23(25-12-13-26-23)11-10-21(16,2)20(17)8-9-22(18,19)3/h14,17-20H,4-13H2,1-3H3/t17-,18?,19-,20-,21-,22+/m0/s1. The molecule has 6 atom stereocenters. The number of fused-ring (bicyclic) bond motifs is 5. The molecule has 4 aliphatic carbocycles. The van der Waals surface area contributed by atoms with Gasteiger partial charge in [0, 0.05) is 12.3 Å². The smallest absolute Gasteiger partial charge is 0.188 e. The SMILES string of the molecule is CC(=O)C1CC[C@H]2[C@@H]3CCC4=CC5(CC[C@]4(C)[C@H]3CC[C@]12C)OCCO5. The van der Waals surface area contributed by atoms with Crippen LogP contribution in [0.1, 0.15) is 72.1 Å². The van der Waals surface area contributed by atoms with E-state index < -0.39 is 5.79 Å². The molecule has 0 amide bonds. The van der Waals surface area contributed by atoms with Crippen LogP contribution in [0.15, 0.2) is 11.6 Å². The number of rotatable bonds is 1. The maximum absolute atomic E-state index is 12.3. The highest BCUT2D eigenvalue weighted by atomic mass is 16.7. The molecule has 0 aromatic heterocycles. The van der Waals surface area contributed by atoms with Crippen molar-refractivity contribution in [2.24, 2.45) is 34.5 Å². The minimum atomic E-state index is -0.405. The molecule has 4 fully saturated rings. The summed E-state index contributed by atoms with van der Waals surface area (Å²) in [5, 5.41) is 0. The first kappa shape index (κ1) is 17.4. The number of hydrogen-bond acceptors (Lipinski definition) is 3. The second-order valence-electron chi connectivity index (χ2n) is 10.3. The molecule has 0 N–H and O–H groups in total. The first-order valence-corrected chi connectivity index (χ1v) is 10.9. The maximum atomic E-state index is 12.3. The lowest BCUT2D eigenvalue weighted by molar-refractivity contribution is -0.145. The topological polar surface area (TPSA) is 35.5 Å². The monoisotopic (exact) mass is 358 g/mol. The number of carbonyl (C=O) groups excluding carboxylic acids is 1. The van der Waals surface area contributed by atoms with Gasteiger partial charge in [0.1, 0.15) is 5.78 Å². The molecule has 0 radical (unpaired) electrons. The molecule has 0 aromatic carbocycles. The number of allylic oxidation sites excluding steroid dienone is 1. The second kappa shape index (κ2) is 5.67. The third kappa shape index (κ3) is 2.22. The predicted molar refractivity (Wildman–Crippen MR) is 101 cm³/mol. The lowest BCUT2D eigenvalue weighted by Crippen LogP contribution is -2.52. The van der Waals surface area contributed by atoms with E-state index in [0.717, 1.165) is 43.8 Å². The highest BCUT2D eigenvalue weighted by Gasteiger charge is 2.60. The summed E-state index contributed by atoms with van der Waals surface area (Å²) >= 11 is 0. The third-order valence-electron chi connectivity index (χ3n) is 9.39. The number of ketones is 1. The lowest BCUT2D eigenvalue weighted by atomic mass is 9.46. The summed E-state index contributed by atoms with van der Waals surface area (Å²) in [6.07, 6.45) is 12.0. The molecule has 0 bridgehead atoms. The third-order valence-corrected chi connectivity index (χ3v) is 9.39. The summed E-state index contributed by atoms with van der Waals surface area (Å²) in [6, 6.07) is 0. The fraction of sp³-hybridized carbons (Fsp3) is 0.870. The first-order chi connectivity index (χ1) is 12.4. The molecule has 1 spiro atoms. The molecule has 3 saturated carbocycles. The Kier molecular flexibility index (Phi) is 3.80. The Bertz CT molecular complexity index is 646. The second-order valence-corrected chi connectivity index (χ2v) is 10.3. The van der Waals surface area contributed by atoms with Crippen LogP contribution in [0.2, 0.25) is 0 Å². The predicted octanol–water partition coefficient (Wildman–Crippen LogP) is 4.90. The average molecular weight is 359 g/mol. The van der Waals surface area contributed by atoms with Crippen molar-refractivity contribution in [1.29, 1.82) is 0 Å². The van der Waals surface area contributed by atoms with Gasteiger partial charge in [0.05, 0.1) is 13.2 Å². The molecule has 1 heterocycles. The average Bonchev–Trinajstić information content (AvgIpc) is 3.20. The van der Waals surface area contributed by atoms with Crippen LogP contribution in [-0.2, 0) is 14.3 Å². The highest BCUT2D eigenvalue weighted by Crippen LogP contribution is 2.67. The van der Waals surface area contributed by atoms with Gasteiger partial charge in [-0.25, -0.2) is 0 Å². The van der Waals surface area contributed by atoms with E-state index in [0.29, 0.717) is 17.1 Å². The molecule has 26 heavy (non-hydrogen) atoms. The Morgan fingerprint density at radius 3 is 2.50 bits per heavy atom. The van der Waals surface area contributed by atoms with E-state index in [1.807, 2.05) is 6.92 Å². The van der Waals surface area contributed by atoms with Gasteiger partial charge in [0.2, 0.25) is 0 Å². The molecule has 1 aliphatic heterocycles. The van der Waals surface area contributed by atoms with Crippen molar-refractivity contribution in [2.45, 2.75) is 77.9 Å². The van der Waals surface area contributed by atoms with Gasteiger partial charge in [0.15, 0.2) is 5.79 Å². The molecule has 1 saturated heterocycles. The van der Waals surface area contributed by atoms with E-state index in [9.17, 15) is 4.79 Å². The summed E-state index contributed by atoms with van der Waals surface area (Å²) < 4.78 is 12.0. The van der Waals surface area contributed by atoms with Crippen LogP contribution in [0.3, 0.4) is 0 Å². The van der Waals surface area contributed by atoms with Crippen LogP contribution < -0.4 is 0 Å². The number of ether oxygens (including phenoxy) is 2. The minimum Gasteiger partial charge on any atom is -0.344 e. The van der Waals surface area contributed by atoms with Crippen molar-refractivity contribution in [3.8, 4) is 0 Å². The normalized spacial score (nSPS) is 49.3. The zero-order chi connectivity index (χ0) is 18.2. The summed E-state index contributed by atoms with van der Waals surface area (Å²) in [6.45, 7) is 8.27. The van der Waals surface area contributed by atoms with Crippen LogP contribution in [0.25, 0.3) is 0 Å². The van der Waals surface area contributed by atoms with Crippen molar-refractivity contribution >= 4 is 5.78 Å². The molecule has 0 aromatic rings. The molecule has 1 unspecified atom stereocenters. The van der Waals surface area contributed by atoms with Crippen molar-refractivity contribution in [2.75, 3.05) is 13.2 Å². The van der Waals surface area contributed by atoms with Gasteiger partial charge in [-0.15, -0.1) is 0 Å². The highest BCUT2D eigenvalue weighted by molar-refractivity contribution is 5.79. The van der Waals surface area contributed by atoms with E-state index in [4.69, 9.17) is 9.47 Å². The van der Waals surface area contributed by atoms with E-state index in [1.165, 1.54) is 38.5 Å². The van der Waals surface area contributed by atoms with E-state index in [2.05, 4.69) is 19.9 Å². The summed E-state index contributed by atoms with van der Waals surface area (Å²) in [4.78, 5) is 12.3. The number of hydrogen-bond donors (Lipinski definition) is 0. The maximum Gasteiger partial charge on any atom is 0.188 e. The Balaban J connectivity index is 1.45. The number of carbonyl (C=O) groups is 1. The van der Waals surface area contributed by atoms with Crippen molar-refractivity contribution in [3.63, 3.8) is 0 Å². The van der Waals surface area contributed by atoms with Crippen molar-refractivity contribution < 1.29 is 14.3 Å². The van der Waals surface area contributed by atoms with E-state index >= 15 is 0 Å². The Morgan fingerprint density at radius 1 is 1.00 bits per heavy atom. The molecular formula is C23H34O3. The van der Waals surface area contributed by atoms with Crippen molar-refractivity contribution in [3.05, 3.63) is 11.6 Å². The molecule has 3 heteroatoms. The zero-order valence-corrected chi connectivity index (χ0v) is 16.7. The van der Waals surface area contributed by atoms with Gasteiger partial charge in [-0.1, -0.05) is 19.4 Å². The van der Waals surface area contributed by atoms with Crippen LogP contribution in [0, 0.1) is 34.5 Å². The fourth-order valence-corrected chi connectivity index (χ4v) is 8.05. The van der Waals surface area contributed by atoms with E-state index in [-0.39, 0.29) is 5.41 Å². The van der Waals surface area contributed by atoms with Crippen molar-refractivity contribution in [1.82, 2.24) is 0 Å². The molecule has 5 aliphatic rings. The summed E-state index contributed by atoms with van der Waals surface area (Å²) in [7, 11) is 0. The number of Topliss-reactive ketones (excluding diaryl/α,β-unsaturated/α-hetero) is 1. The van der Waals surface area contributed by atoms with Gasteiger partial charge < -0.3 is 9.47 Å². The van der Waals surface area contributed by atoms with Crippen LogP contribution in [0.4, 0.5) is 0 Å². The largest absolute Gasteiger partial charge is 0.344 e. The Labute approximate surface area is 157 Å². The van der Waals surface area contributed by atoms with Gasteiger partial charge in [0.25, 0.3) is 0 Å². The van der Waals surface area contributed by atoms with Gasteiger partial charge in [-0.05, 0) is 86.5 Å². The zero-order valence-electron chi connectivity index (χ0n) is 16.7. The lowest BCUT2D eigenvalue weighted by Gasteiger charge is -2.59. The first-order valence-electron chi connectivity index (χ1n) is 10.9. The Hall–Kier alpha value is -0.670. The quantitative estimate of drug-likeness (QED) is 0.626.